The van der Waals surface area contributed by atoms with Crippen LogP contribution >= 0.6 is 0 Å². The van der Waals surface area contributed by atoms with Crippen molar-refractivity contribution < 1.29 is 49.4 Å². The molecule has 1 fully saturated rings. The van der Waals surface area contributed by atoms with Gasteiger partial charge in [0.2, 0.25) is 0 Å². The van der Waals surface area contributed by atoms with Crippen LogP contribution in [0.2, 0.25) is 0 Å². The summed E-state index contributed by atoms with van der Waals surface area (Å²) in [6, 6.07) is 7.82. The Balaban J connectivity index is 1.40. The van der Waals surface area contributed by atoms with Crippen LogP contribution in [0.15, 0.2) is 66.2 Å². The molecule has 4 aromatic rings. The highest BCUT2D eigenvalue weighted by atomic mass is 19.4. The molecule has 3 heterocycles. The van der Waals surface area contributed by atoms with Crippen LogP contribution in [0.1, 0.15) is 76.0 Å². The molecular formula is C34H33F8N9O3. The Bertz CT molecular complexity index is 2070. The molecule has 0 unspecified atom stereocenters. The molecule has 0 bridgehead atoms. The van der Waals surface area contributed by atoms with E-state index in [9.17, 15) is 40.3 Å². The number of rotatable bonds is 11. The van der Waals surface area contributed by atoms with Crippen molar-refractivity contribution in [1.29, 1.82) is 0 Å². The maximum Gasteiger partial charge on any atom is 0.411 e. The SMILES string of the molecule is CC(C)(C)C[C@]1(c2ccc(-c3cnn(C(F)F)c3)cc2)N=C(N)N([C@H](COC(=O)NC2(C(F)(F)F)CC2)c2ccc(F)c(-n3ncnc3C(F)F)c2)C1=O. The summed E-state index contributed by atoms with van der Waals surface area (Å²) in [5, 5.41) is 9.16. The van der Waals surface area contributed by atoms with E-state index in [1.807, 2.05) is 26.1 Å². The van der Waals surface area contributed by atoms with Crippen LogP contribution in [0.25, 0.3) is 16.8 Å². The molecule has 54 heavy (non-hydrogen) atoms. The maximum absolute atomic E-state index is 15.2. The number of ether oxygens (including phenoxy) is 1. The first kappa shape index (κ1) is 38.2. The Labute approximate surface area is 302 Å². The molecule has 20 heteroatoms. The molecule has 2 atom stereocenters. The minimum absolute atomic E-state index is 0.0340. The molecule has 0 saturated heterocycles. The topological polar surface area (TPSA) is 146 Å². The summed E-state index contributed by atoms with van der Waals surface area (Å²) in [7, 11) is 0. The van der Waals surface area contributed by atoms with E-state index in [0.29, 0.717) is 26.1 Å². The van der Waals surface area contributed by atoms with Crippen LogP contribution in [0.5, 0.6) is 0 Å². The Kier molecular flexibility index (Phi) is 9.68. The van der Waals surface area contributed by atoms with Crippen LogP contribution in [0.4, 0.5) is 39.9 Å². The zero-order chi connectivity index (χ0) is 39.4. The van der Waals surface area contributed by atoms with E-state index in [-0.39, 0.29) is 24.8 Å². The lowest BCUT2D eigenvalue weighted by Gasteiger charge is -2.35. The van der Waals surface area contributed by atoms with Crippen molar-refractivity contribution in [3.63, 3.8) is 0 Å². The fraction of sp³-hybridized carbons (Fsp3) is 0.412. The van der Waals surface area contributed by atoms with Gasteiger partial charge in [-0.25, -0.2) is 37.3 Å². The average Bonchev–Trinajstić information content (AvgIpc) is 3.40. The van der Waals surface area contributed by atoms with Gasteiger partial charge in [0, 0.05) is 11.8 Å². The zero-order valence-electron chi connectivity index (χ0n) is 28.8. The Morgan fingerprint density at radius 1 is 1.02 bits per heavy atom. The lowest BCUT2D eigenvalue weighted by atomic mass is 9.75. The fourth-order valence-electron chi connectivity index (χ4n) is 6.40. The summed E-state index contributed by atoms with van der Waals surface area (Å²) >= 11 is 0. The van der Waals surface area contributed by atoms with E-state index < -0.39 is 83.6 Å². The smallest absolute Gasteiger partial charge is 0.411 e. The van der Waals surface area contributed by atoms with Gasteiger partial charge < -0.3 is 15.8 Å². The van der Waals surface area contributed by atoms with Gasteiger partial charge in [0.25, 0.3) is 12.3 Å². The number of aliphatic imine (C=N–C) groups is 1. The number of benzene rings is 2. The molecule has 1 aliphatic heterocycles. The van der Waals surface area contributed by atoms with Crippen LogP contribution in [0.3, 0.4) is 0 Å². The van der Waals surface area contributed by atoms with Gasteiger partial charge in [-0.3, -0.25) is 9.69 Å². The highest BCUT2D eigenvalue weighted by molar-refractivity contribution is 6.07. The molecule has 3 N–H and O–H groups in total. The summed E-state index contributed by atoms with van der Waals surface area (Å²) < 4.78 is 116. The molecule has 0 spiro atoms. The van der Waals surface area contributed by atoms with Gasteiger partial charge in [-0.15, -0.1) is 0 Å². The van der Waals surface area contributed by atoms with Gasteiger partial charge in [0.05, 0.1) is 12.2 Å². The van der Waals surface area contributed by atoms with Gasteiger partial charge in [0.1, 0.15) is 30.0 Å². The number of amides is 2. The third-order valence-corrected chi connectivity index (χ3v) is 9.08. The number of hydrogen-bond acceptors (Lipinski definition) is 8. The molecule has 0 radical (unpaired) electrons. The van der Waals surface area contributed by atoms with Crippen molar-refractivity contribution >= 4 is 18.0 Å². The number of guanidine groups is 1. The van der Waals surface area contributed by atoms with Crippen molar-refractivity contribution in [2.45, 2.75) is 76.3 Å². The molecule has 1 aliphatic carbocycles. The standard InChI is InChI=1S/C34H33F8N9O3/c1-31(2,3)16-33(21-7-4-18(5-8-21)20-13-45-49(14-20)28(38)39)27(52)50(29(43)47-33)24(15-54-30(53)48-32(10-11-32)34(40,41)42)19-6-9-22(35)23(12-19)51-26(25(36)37)44-17-46-51/h4-9,12-14,17,24-25,28H,10-11,15-16H2,1-3H3,(H2,43,47)(H,48,53)/t24-,33-/m1/s1. The van der Waals surface area contributed by atoms with Gasteiger partial charge in [0.15, 0.2) is 17.3 Å². The number of nitrogens with two attached hydrogens (primary N) is 1. The van der Waals surface area contributed by atoms with Crippen molar-refractivity contribution in [3.8, 4) is 16.8 Å². The second-order valence-electron chi connectivity index (χ2n) is 14.2. The average molecular weight is 768 g/mol. The summed E-state index contributed by atoms with van der Waals surface area (Å²) in [5.74, 6) is -3.11. The number of nitrogens with zero attached hydrogens (tertiary/aromatic N) is 7. The van der Waals surface area contributed by atoms with Crippen molar-refractivity contribution in [2.24, 2.45) is 16.1 Å². The number of alkyl carbamates (subject to hydrolysis) is 1. The number of carbonyl (C=O) groups is 2. The number of aromatic nitrogens is 5. The van der Waals surface area contributed by atoms with E-state index in [1.54, 1.807) is 24.3 Å². The van der Waals surface area contributed by atoms with E-state index in [2.05, 4.69) is 20.2 Å². The van der Waals surface area contributed by atoms with Crippen LogP contribution < -0.4 is 11.1 Å². The summed E-state index contributed by atoms with van der Waals surface area (Å²) in [6.07, 6.45) is -6.98. The number of halogens is 8. The molecule has 2 aromatic carbocycles. The molecule has 2 aliphatic rings. The Hall–Kier alpha value is -5.56. The van der Waals surface area contributed by atoms with E-state index >= 15 is 4.39 Å². The van der Waals surface area contributed by atoms with Gasteiger partial charge in [-0.2, -0.15) is 32.1 Å². The fourth-order valence-corrected chi connectivity index (χ4v) is 6.40. The third kappa shape index (κ3) is 7.20. The predicted octanol–water partition coefficient (Wildman–Crippen LogP) is 6.95. The van der Waals surface area contributed by atoms with Gasteiger partial charge >= 0.3 is 18.8 Å². The van der Waals surface area contributed by atoms with Crippen molar-refractivity contribution in [1.82, 2.24) is 34.8 Å². The second-order valence-corrected chi connectivity index (χ2v) is 14.2. The molecule has 288 valence electrons. The lowest BCUT2D eigenvalue weighted by Crippen LogP contribution is -2.50. The van der Waals surface area contributed by atoms with Gasteiger partial charge in [-0.1, -0.05) is 51.1 Å². The highest BCUT2D eigenvalue weighted by Gasteiger charge is 2.64. The first-order chi connectivity index (χ1) is 25.2. The number of nitrogens with one attached hydrogen (secondary N) is 1. The van der Waals surface area contributed by atoms with Crippen LogP contribution in [0, 0.1) is 11.2 Å². The molecule has 2 amide bonds. The predicted molar refractivity (Wildman–Crippen MR) is 175 cm³/mol. The maximum atomic E-state index is 15.2. The van der Waals surface area contributed by atoms with E-state index in [1.165, 1.54) is 6.20 Å². The number of hydrogen-bond donors (Lipinski definition) is 2. The van der Waals surface area contributed by atoms with Crippen LogP contribution in [-0.4, -0.2) is 65.7 Å². The number of alkyl halides is 7. The molecular weight excluding hydrogens is 734 g/mol. The van der Waals surface area contributed by atoms with Crippen molar-refractivity contribution in [2.75, 3.05) is 6.61 Å². The van der Waals surface area contributed by atoms with E-state index in [0.717, 1.165) is 35.6 Å². The van der Waals surface area contributed by atoms with E-state index in [4.69, 9.17) is 10.5 Å². The minimum atomic E-state index is -4.77. The molecule has 12 nitrogen and oxygen atoms in total. The third-order valence-electron chi connectivity index (χ3n) is 9.08. The molecule has 1 saturated carbocycles. The monoisotopic (exact) mass is 767 g/mol. The summed E-state index contributed by atoms with van der Waals surface area (Å²) in [6.45, 7) is 1.77. The largest absolute Gasteiger partial charge is 0.447 e. The molecule has 6 rings (SSSR count). The Morgan fingerprint density at radius 2 is 1.70 bits per heavy atom. The van der Waals surface area contributed by atoms with Crippen LogP contribution in [-0.2, 0) is 15.1 Å². The quantitative estimate of drug-likeness (QED) is 0.157. The summed E-state index contributed by atoms with van der Waals surface area (Å²) in [4.78, 5) is 36.7. The van der Waals surface area contributed by atoms with Crippen molar-refractivity contribution in [3.05, 3.63) is 84.0 Å². The highest BCUT2D eigenvalue weighted by Crippen LogP contribution is 2.49. The first-order valence-corrected chi connectivity index (χ1v) is 16.4. The summed E-state index contributed by atoms with van der Waals surface area (Å²) in [5.41, 5.74) is 2.19. The van der Waals surface area contributed by atoms with Gasteiger partial charge in [-0.05, 0) is 53.5 Å². The Morgan fingerprint density at radius 3 is 2.28 bits per heavy atom. The normalized spacial score (nSPS) is 19.0. The zero-order valence-corrected chi connectivity index (χ0v) is 28.8. The minimum Gasteiger partial charge on any atom is -0.447 e. The first-order valence-electron chi connectivity index (χ1n) is 16.4. The number of carbonyl (C=O) groups excluding carboxylic acids is 2. The lowest BCUT2D eigenvalue weighted by molar-refractivity contribution is -0.164. The second kappa shape index (κ2) is 13.7. The molecule has 2 aromatic heterocycles.